The van der Waals surface area contributed by atoms with Gasteiger partial charge in [0.15, 0.2) is 5.75 Å². The highest BCUT2D eigenvalue weighted by atomic mass is 19.4. The number of fused-ring (bicyclic) bond motifs is 1. The summed E-state index contributed by atoms with van der Waals surface area (Å²) in [5, 5.41) is 5.87. The molecule has 10 heteroatoms. The molecule has 1 aromatic carbocycles. The molecule has 29 heavy (non-hydrogen) atoms. The molecule has 1 unspecified atom stereocenters. The Morgan fingerprint density at radius 2 is 1.90 bits per heavy atom. The third-order valence-electron chi connectivity index (χ3n) is 4.61. The number of benzene rings is 1. The van der Waals surface area contributed by atoms with Gasteiger partial charge in [-0.05, 0) is 19.0 Å². The summed E-state index contributed by atoms with van der Waals surface area (Å²) < 4.78 is 60.4. The van der Waals surface area contributed by atoms with E-state index in [1.165, 1.54) is 30.7 Å². The van der Waals surface area contributed by atoms with Crippen LogP contribution in [0.3, 0.4) is 0 Å². The van der Waals surface area contributed by atoms with Gasteiger partial charge in [-0.1, -0.05) is 0 Å². The number of halogens is 4. The highest BCUT2D eigenvalue weighted by Gasteiger charge is 2.37. The lowest BCUT2D eigenvalue weighted by Gasteiger charge is -2.21. The minimum atomic E-state index is -4.63. The Bertz CT molecular complexity index is 1020. The fourth-order valence-electron chi connectivity index (χ4n) is 3.15. The fraction of sp³-hybridized carbons (Fsp3) is 0.316. The van der Waals surface area contributed by atoms with Crippen molar-refractivity contribution in [3.63, 3.8) is 0 Å². The van der Waals surface area contributed by atoms with Crippen LogP contribution in [0.2, 0.25) is 0 Å². The zero-order chi connectivity index (χ0) is 20.4. The number of pyridine rings is 1. The van der Waals surface area contributed by atoms with Gasteiger partial charge in [0, 0.05) is 43.3 Å². The number of ether oxygens (including phenoxy) is 1. The van der Waals surface area contributed by atoms with Crippen LogP contribution in [-0.4, -0.2) is 34.1 Å². The molecule has 0 radical (unpaired) electrons. The lowest BCUT2D eigenvalue weighted by Crippen LogP contribution is -2.22. The number of anilines is 1. The summed E-state index contributed by atoms with van der Waals surface area (Å²) in [4.78, 5) is 11.8. The van der Waals surface area contributed by atoms with Crippen LogP contribution in [0.1, 0.15) is 17.5 Å². The van der Waals surface area contributed by atoms with Crippen molar-refractivity contribution >= 4 is 16.7 Å². The molecule has 152 valence electrons. The second-order valence-electron chi connectivity index (χ2n) is 6.64. The van der Waals surface area contributed by atoms with E-state index in [-0.39, 0.29) is 29.6 Å². The van der Waals surface area contributed by atoms with E-state index in [9.17, 15) is 17.6 Å². The van der Waals surface area contributed by atoms with Gasteiger partial charge >= 0.3 is 6.18 Å². The Morgan fingerprint density at radius 1 is 1.14 bits per heavy atom. The number of nitrogens with one attached hydrogen (secondary N) is 2. The second kappa shape index (κ2) is 7.78. The Labute approximate surface area is 163 Å². The Hall–Kier alpha value is -3.01. The average molecular weight is 407 g/mol. The molecule has 0 bridgehead atoms. The lowest BCUT2D eigenvalue weighted by molar-refractivity contribution is -0.139. The predicted octanol–water partition coefficient (Wildman–Crippen LogP) is 3.54. The van der Waals surface area contributed by atoms with Crippen molar-refractivity contribution in [2.24, 2.45) is 0 Å². The average Bonchev–Trinajstić information content (AvgIpc) is 3.19. The maximum atomic E-state index is 14.4. The quantitative estimate of drug-likeness (QED) is 0.631. The van der Waals surface area contributed by atoms with E-state index in [0.717, 1.165) is 6.20 Å². The van der Waals surface area contributed by atoms with Crippen LogP contribution in [-0.2, 0) is 12.7 Å². The summed E-state index contributed by atoms with van der Waals surface area (Å²) in [6.07, 6.45) is 0.491. The molecule has 1 fully saturated rings. The molecule has 2 N–H and O–H groups in total. The predicted molar refractivity (Wildman–Crippen MR) is 98.0 cm³/mol. The smallest absolute Gasteiger partial charge is 0.421 e. The molecule has 6 nitrogen and oxygen atoms in total. The van der Waals surface area contributed by atoms with Crippen LogP contribution in [0, 0.1) is 5.82 Å². The summed E-state index contributed by atoms with van der Waals surface area (Å²) in [5.74, 6) is -0.866. The van der Waals surface area contributed by atoms with Crippen LogP contribution < -0.4 is 15.4 Å². The zero-order valence-electron chi connectivity index (χ0n) is 15.1. The number of nitrogens with zero attached hydrogens (tertiary/aromatic N) is 3. The first-order valence-corrected chi connectivity index (χ1v) is 8.97. The van der Waals surface area contributed by atoms with Gasteiger partial charge in [-0.2, -0.15) is 13.2 Å². The number of aromatic nitrogens is 3. The van der Waals surface area contributed by atoms with Crippen LogP contribution in [0.5, 0.6) is 5.75 Å². The highest BCUT2D eigenvalue weighted by Crippen LogP contribution is 2.40. The van der Waals surface area contributed by atoms with Gasteiger partial charge in [0.05, 0.1) is 22.9 Å². The largest absolute Gasteiger partial charge is 0.486 e. The van der Waals surface area contributed by atoms with Crippen molar-refractivity contribution in [1.82, 2.24) is 20.3 Å². The van der Waals surface area contributed by atoms with E-state index in [0.29, 0.717) is 30.5 Å². The van der Waals surface area contributed by atoms with Gasteiger partial charge < -0.3 is 15.4 Å². The van der Waals surface area contributed by atoms with Crippen LogP contribution in [0.4, 0.5) is 23.2 Å². The van der Waals surface area contributed by atoms with Gasteiger partial charge in [0.25, 0.3) is 0 Å². The third-order valence-corrected chi connectivity index (χ3v) is 4.61. The summed E-state index contributed by atoms with van der Waals surface area (Å²) in [5.41, 5.74) is 0.196. The van der Waals surface area contributed by atoms with Crippen LogP contribution in [0.15, 0.2) is 36.9 Å². The minimum absolute atomic E-state index is 0.0466. The molecule has 0 aliphatic carbocycles. The molecule has 0 saturated carbocycles. The van der Waals surface area contributed by atoms with Crippen LogP contribution in [0.25, 0.3) is 11.0 Å². The first-order valence-electron chi connectivity index (χ1n) is 8.97. The molecular formula is C19H17F4N5O. The third kappa shape index (κ3) is 4.21. The standard InChI is InChI=1S/C19H17F4N5O/c20-14-6-16-15(26-3-4-27-16)5-11(14)7-28-17-10-25-9-13(19(21,22)23)18(17)29-12-1-2-24-8-12/h3-6,9-10,12,24,28H,1-2,7-8H2. The molecule has 4 rings (SSSR count). The second-order valence-corrected chi connectivity index (χ2v) is 6.64. The summed E-state index contributed by atoms with van der Waals surface area (Å²) in [6, 6.07) is 2.75. The van der Waals surface area contributed by atoms with Gasteiger partial charge in [-0.25, -0.2) is 4.39 Å². The first-order chi connectivity index (χ1) is 13.9. The van der Waals surface area contributed by atoms with Crippen molar-refractivity contribution in [3.8, 4) is 5.75 Å². The Balaban J connectivity index is 1.63. The number of alkyl halides is 3. The van der Waals surface area contributed by atoms with Crippen molar-refractivity contribution in [3.05, 3.63) is 53.9 Å². The summed E-state index contributed by atoms with van der Waals surface area (Å²) in [7, 11) is 0. The monoisotopic (exact) mass is 407 g/mol. The fourth-order valence-corrected chi connectivity index (χ4v) is 3.15. The van der Waals surface area contributed by atoms with Crippen molar-refractivity contribution in [2.75, 3.05) is 18.4 Å². The molecule has 1 atom stereocenters. The van der Waals surface area contributed by atoms with Gasteiger partial charge in [-0.3, -0.25) is 15.0 Å². The lowest BCUT2D eigenvalue weighted by atomic mass is 10.1. The molecule has 3 aromatic rings. The van der Waals surface area contributed by atoms with E-state index in [2.05, 4.69) is 25.6 Å². The number of hydrogen-bond donors (Lipinski definition) is 2. The molecule has 1 aliphatic rings. The van der Waals surface area contributed by atoms with E-state index >= 15 is 0 Å². The van der Waals surface area contributed by atoms with E-state index < -0.39 is 17.6 Å². The summed E-state index contributed by atoms with van der Waals surface area (Å²) in [6.45, 7) is 1.06. The molecule has 2 aromatic heterocycles. The maximum absolute atomic E-state index is 14.4. The van der Waals surface area contributed by atoms with Crippen molar-refractivity contribution < 1.29 is 22.3 Å². The minimum Gasteiger partial charge on any atom is -0.486 e. The maximum Gasteiger partial charge on any atom is 0.421 e. The van der Waals surface area contributed by atoms with Gasteiger partial charge in [0.1, 0.15) is 17.5 Å². The molecular weight excluding hydrogens is 390 g/mol. The number of hydrogen-bond acceptors (Lipinski definition) is 6. The number of rotatable bonds is 5. The van der Waals surface area contributed by atoms with Gasteiger partial charge in [0.2, 0.25) is 0 Å². The normalized spacial score (nSPS) is 16.9. The van der Waals surface area contributed by atoms with E-state index in [1.807, 2.05) is 0 Å². The van der Waals surface area contributed by atoms with Crippen LogP contribution >= 0.6 is 0 Å². The highest BCUT2D eigenvalue weighted by molar-refractivity contribution is 5.74. The molecule has 1 aliphatic heterocycles. The summed E-state index contributed by atoms with van der Waals surface area (Å²) >= 11 is 0. The SMILES string of the molecule is Fc1cc2nccnc2cc1CNc1cncc(C(F)(F)F)c1OC1CCNC1. The van der Waals surface area contributed by atoms with Crippen molar-refractivity contribution in [1.29, 1.82) is 0 Å². The molecule has 0 spiro atoms. The first kappa shape index (κ1) is 19.3. The molecule has 3 heterocycles. The van der Waals surface area contributed by atoms with E-state index in [4.69, 9.17) is 4.74 Å². The Kier molecular flexibility index (Phi) is 5.18. The molecule has 0 amide bonds. The zero-order valence-corrected chi connectivity index (χ0v) is 15.1. The van der Waals surface area contributed by atoms with E-state index in [1.54, 1.807) is 0 Å². The van der Waals surface area contributed by atoms with Gasteiger partial charge in [-0.15, -0.1) is 0 Å². The molecule has 1 saturated heterocycles. The van der Waals surface area contributed by atoms with Crippen molar-refractivity contribution in [2.45, 2.75) is 25.2 Å². The topological polar surface area (TPSA) is 72.0 Å². The Morgan fingerprint density at radius 3 is 2.59 bits per heavy atom.